The fourth-order valence-electron chi connectivity index (χ4n) is 3.59. The molecule has 0 N–H and O–H groups in total. The van der Waals surface area contributed by atoms with Crippen molar-refractivity contribution in [2.75, 3.05) is 0 Å². The molecule has 0 unspecified atom stereocenters. The maximum Gasteiger partial charge on any atom is 0.186 e. The van der Waals surface area contributed by atoms with Crippen molar-refractivity contribution in [2.24, 2.45) is 0 Å². The Morgan fingerprint density at radius 1 is 0.767 bits per heavy atom. The second-order valence-corrected chi connectivity index (χ2v) is 8.98. The molecule has 0 bridgehead atoms. The van der Waals surface area contributed by atoms with Gasteiger partial charge in [0, 0.05) is 20.2 Å². The number of fused-ring (bicyclic) bond motifs is 1. The molecule has 5 rings (SSSR count). The molecule has 2 aromatic heterocycles. The summed E-state index contributed by atoms with van der Waals surface area (Å²) in [4.78, 5) is 16.3. The molecule has 1 aliphatic rings. The summed E-state index contributed by atoms with van der Waals surface area (Å²) in [6.07, 6.45) is 7.60. The van der Waals surface area contributed by atoms with E-state index in [0.717, 1.165) is 27.8 Å². The molecule has 0 atom stereocenters. The molecular weight excluding hydrogens is 404 g/mol. The van der Waals surface area contributed by atoms with Crippen LogP contribution in [0.2, 0.25) is 0 Å². The van der Waals surface area contributed by atoms with Gasteiger partial charge in [0.25, 0.3) is 0 Å². The number of carbonyl (C=O) groups excluding carboxylic acids is 1. The van der Waals surface area contributed by atoms with Crippen LogP contribution in [-0.4, -0.2) is 5.78 Å². The van der Waals surface area contributed by atoms with Crippen molar-refractivity contribution in [1.82, 2.24) is 0 Å². The summed E-state index contributed by atoms with van der Waals surface area (Å²) in [5.74, 6) is 0.0443. The van der Waals surface area contributed by atoms with E-state index in [1.807, 2.05) is 54.6 Å². The van der Waals surface area contributed by atoms with Crippen LogP contribution in [-0.2, 0) is 4.79 Å². The van der Waals surface area contributed by atoms with E-state index in [2.05, 4.69) is 47.9 Å². The van der Waals surface area contributed by atoms with Crippen LogP contribution < -0.4 is 0 Å². The SMILES string of the molecule is O=C1C=Cc2ccccc2/C1=C\C=C(/c1ccccc1)c1ccc(-c2cccs2)s1. The molecular formula is C27H18OS2. The van der Waals surface area contributed by atoms with E-state index in [-0.39, 0.29) is 5.78 Å². The summed E-state index contributed by atoms with van der Waals surface area (Å²) < 4.78 is 0. The zero-order valence-electron chi connectivity index (χ0n) is 16.1. The van der Waals surface area contributed by atoms with Gasteiger partial charge in [0.05, 0.1) is 0 Å². The van der Waals surface area contributed by atoms with Gasteiger partial charge in [-0.1, -0.05) is 72.8 Å². The smallest absolute Gasteiger partial charge is 0.186 e. The average molecular weight is 423 g/mol. The Morgan fingerprint density at radius 3 is 2.43 bits per heavy atom. The molecule has 144 valence electrons. The first-order valence-corrected chi connectivity index (χ1v) is 11.4. The van der Waals surface area contributed by atoms with Crippen LogP contribution in [0.3, 0.4) is 0 Å². The minimum atomic E-state index is 0.0443. The largest absolute Gasteiger partial charge is 0.289 e. The third-order valence-electron chi connectivity index (χ3n) is 5.07. The lowest BCUT2D eigenvalue weighted by Crippen LogP contribution is -2.04. The number of rotatable bonds is 4. The summed E-state index contributed by atoms with van der Waals surface area (Å²) in [5, 5.41) is 2.10. The molecule has 3 heteroatoms. The van der Waals surface area contributed by atoms with Crippen LogP contribution in [0.1, 0.15) is 21.6 Å². The van der Waals surface area contributed by atoms with Gasteiger partial charge in [0.2, 0.25) is 0 Å². The van der Waals surface area contributed by atoms with E-state index in [1.54, 1.807) is 28.7 Å². The molecule has 0 saturated heterocycles. The molecule has 0 fully saturated rings. The molecule has 0 amide bonds. The van der Waals surface area contributed by atoms with Crippen molar-refractivity contribution < 1.29 is 4.79 Å². The van der Waals surface area contributed by atoms with Gasteiger partial charge in [0.1, 0.15) is 0 Å². The molecule has 2 aromatic carbocycles. The average Bonchev–Trinajstić information content (AvgIpc) is 3.48. The zero-order chi connectivity index (χ0) is 20.3. The second kappa shape index (κ2) is 8.23. The lowest BCUT2D eigenvalue weighted by Gasteiger charge is -2.12. The number of hydrogen-bond donors (Lipinski definition) is 0. The highest BCUT2D eigenvalue weighted by Gasteiger charge is 2.16. The Morgan fingerprint density at radius 2 is 1.60 bits per heavy atom. The van der Waals surface area contributed by atoms with Crippen LogP contribution in [0.4, 0.5) is 0 Å². The van der Waals surface area contributed by atoms with E-state index in [9.17, 15) is 4.79 Å². The van der Waals surface area contributed by atoms with Gasteiger partial charge < -0.3 is 0 Å². The molecule has 30 heavy (non-hydrogen) atoms. The fraction of sp³-hybridized carbons (Fsp3) is 0. The number of allylic oxidation sites excluding steroid dienone is 4. The van der Waals surface area contributed by atoms with E-state index in [0.29, 0.717) is 0 Å². The van der Waals surface area contributed by atoms with Crippen LogP contribution >= 0.6 is 22.7 Å². The Labute approximate surface area is 184 Å². The van der Waals surface area contributed by atoms with Gasteiger partial charge in [-0.15, -0.1) is 22.7 Å². The summed E-state index contributed by atoms with van der Waals surface area (Å²) in [6, 6.07) is 27.0. The minimum absolute atomic E-state index is 0.0443. The maximum atomic E-state index is 12.6. The van der Waals surface area contributed by atoms with Crippen LogP contribution in [0.15, 0.2) is 102 Å². The Balaban J connectivity index is 1.61. The first kappa shape index (κ1) is 18.7. The monoisotopic (exact) mass is 422 g/mol. The third kappa shape index (κ3) is 3.65. The first-order chi connectivity index (χ1) is 14.8. The van der Waals surface area contributed by atoms with E-state index in [1.165, 1.54) is 14.6 Å². The highest BCUT2D eigenvalue weighted by molar-refractivity contribution is 7.21. The Kier molecular flexibility index (Phi) is 5.14. The summed E-state index contributed by atoms with van der Waals surface area (Å²) in [5.41, 5.74) is 5.06. The number of thiophene rings is 2. The number of hydrogen-bond acceptors (Lipinski definition) is 3. The van der Waals surface area contributed by atoms with E-state index >= 15 is 0 Å². The number of benzene rings is 2. The van der Waals surface area contributed by atoms with Gasteiger partial charge in [-0.3, -0.25) is 4.79 Å². The summed E-state index contributed by atoms with van der Waals surface area (Å²) in [6.45, 7) is 0. The van der Waals surface area contributed by atoms with Crippen molar-refractivity contribution in [3.63, 3.8) is 0 Å². The summed E-state index contributed by atoms with van der Waals surface area (Å²) in [7, 11) is 0. The zero-order valence-corrected chi connectivity index (χ0v) is 17.8. The standard InChI is InChI=1S/C27H18OS2/c28-24-15-12-20-9-4-5-10-21(20)23(24)14-13-22(19-7-2-1-3-8-19)25-16-17-27(30-25)26-11-6-18-29-26/h1-18H/b22-13+,23-14+. The predicted octanol–water partition coefficient (Wildman–Crippen LogP) is 7.59. The van der Waals surface area contributed by atoms with Crippen LogP contribution in [0.5, 0.6) is 0 Å². The molecule has 2 heterocycles. The van der Waals surface area contributed by atoms with Crippen LogP contribution in [0.25, 0.3) is 27.0 Å². The molecule has 1 nitrogen and oxygen atoms in total. The predicted molar refractivity (Wildman–Crippen MR) is 130 cm³/mol. The topological polar surface area (TPSA) is 17.1 Å². The van der Waals surface area contributed by atoms with Gasteiger partial charge in [-0.05, 0) is 58.0 Å². The maximum absolute atomic E-state index is 12.6. The van der Waals surface area contributed by atoms with Crippen molar-refractivity contribution in [1.29, 1.82) is 0 Å². The van der Waals surface area contributed by atoms with Crippen molar-refractivity contribution in [3.8, 4) is 9.75 Å². The van der Waals surface area contributed by atoms with Gasteiger partial charge in [-0.2, -0.15) is 0 Å². The molecule has 0 saturated carbocycles. The van der Waals surface area contributed by atoms with Crippen LogP contribution in [0, 0.1) is 0 Å². The molecule has 4 aromatic rings. The molecule has 0 radical (unpaired) electrons. The quantitative estimate of drug-likeness (QED) is 0.310. The normalized spacial score (nSPS) is 14.9. The summed E-state index contributed by atoms with van der Waals surface area (Å²) >= 11 is 3.53. The van der Waals surface area contributed by atoms with Gasteiger partial charge in [0.15, 0.2) is 5.78 Å². The highest BCUT2D eigenvalue weighted by atomic mass is 32.1. The number of ketones is 1. The Bertz CT molecular complexity index is 1290. The fourth-order valence-corrected chi connectivity index (χ4v) is 5.47. The first-order valence-electron chi connectivity index (χ1n) is 9.73. The van der Waals surface area contributed by atoms with Crippen molar-refractivity contribution >= 4 is 45.7 Å². The van der Waals surface area contributed by atoms with Crippen molar-refractivity contribution in [3.05, 3.63) is 124 Å². The van der Waals surface area contributed by atoms with Gasteiger partial charge >= 0.3 is 0 Å². The Hall–Kier alpha value is -3.27. The number of carbonyl (C=O) groups is 1. The van der Waals surface area contributed by atoms with E-state index < -0.39 is 0 Å². The highest BCUT2D eigenvalue weighted by Crippen LogP contribution is 2.37. The second-order valence-electron chi connectivity index (χ2n) is 6.95. The lowest BCUT2D eigenvalue weighted by molar-refractivity contribution is -0.109. The third-order valence-corrected chi connectivity index (χ3v) is 7.25. The van der Waals surface area contributed by atoms with E-state index in [4.69, 9.17) is 0 Å². The van der Waals surface area contributed by atoms with Gasteiger partial charge in [-0.25, -0.2) is 0 Å². The molecule has 1 aliphatic carbocycles. The molecule has 0 spiro atoms. The molecule has 0 aliphatic heterocycles. The van der Waals surface area contributed by atoms with Crippen molar-refractivity contribution in [2.45, 2.75) is 0 Å². The lowest BCUT2D eigenvalue weighted by atomic mass is 9.90. The minimum Gasteiger partial charge on any atom is -0.289 e.